The number of thiocarbonyl (C=S) groups is 1. The molecule has 0 aliphatic rings. The molecule has 0 unspecified atom stereocenters. The molecule has 0 atom stereocenters. The molecule has 0 aromatic heterocycles. The molecule has 2 rings (SSSR count). The summed E-state index contributed by atoms with van der Waals surface area (Å²) in [5.41, 5.74) is 1.35. The SMILES string of the molecule is CCNC(=O)c1ccccc1NC(=S)NC(=O)c1cccc(OCCOCC)c1. The maximum atomic E-state index is 12.5. The zero-order valence-corrected chi connectivity index (χ0v) is 17.3. The van der Waals surface area contributed by atoms with Gasteiger partial charge in [-0.15, -0.1) is 0 Å². The summed E-state index contributed by atoms with van der Waals surface area (Å²) in [5, 5.41) is 8.35. The molecule has 0 saturated carbocycles. The number of ether oxygens (including phenoxy) is 2. The van der Waals surface area contributed by atoms with E-state index in [1.54, 1.807) is 48.5 Å². The first-order valence-corrected chi connectivity index (χ1v) is 9.76. The Kier molecular flexibility index (Phi) is 9.07. The Hall–Kier alpha value is -2.97. The predicted molar refractivity (Wildman–Crippen MR) is 117 cm³/mol. The van der Waals surface area contributed by atoms with E-state index in [1.165, 1.54) is 0 Å². The molecule has 0 bridgehead atoms. The third-order valence-corrected chi connectivity index (χ3v) is 3.99. The zero-order chi connectivity index (χ0) is 21.1. The number of anilines is 1. The molecule has 2 amide bonds. The van der Waals surface area contributed by atoms with E-state index in [0.29, 0.717) is 48.9 Å². The maximum absolute atomic E-state index is 12.5. The van der Waals surface area contributed by atoms with Crippen molar-refractivity contribution in [3.8, 4) is 5.75 Å². The van der Waals surface area contributed by atoms with Gasteiger partial charge in [-0.25, -0.2) is 0 Å². The van der Waals surface area contributed by atoms with E-state index in [2.05, 4.69) is 16.0 Å². The van der Waals surface area contributed by atoms with Gasteiger partial charge in [0.1, 0.15) is 12.4 Å². The van der Waals surface area contributed by atoms with Gasteiger partial charge in [0, 0.05) is 18.7 Å². The van der Waals surface area contributed by atoms with Crippen molar-refractivity contribution in [3.05, 3.63) is 59.7 Å². The Morgan fingerprint density at radius 1 is 1.00 bits per heavy atom. The second-order valence-electron chi connectivity index (χ2n) is 5.89. The highest BCUT2D eigenvalue weighted by Gasteiger charge is 2.13. The quantitative estimate of drug-likeness (QED) is 0.431. The normalized spacial score (nSPS) is 10.1. The van der Waals surface area contributed by atoms with Crippen LogP contribution in [0.4, 0.5) is 5.69 Å². The number of rotatable bonds is 9. The van der Waals surface area contributed by atoms with Crippen LogP contribution in [-0.4, -0.2) is 43.3 Å². The van der Waals surface area contributed by atoms with Crippen LogP contribution in [0.25, 0.3) is 0 Å². The lowest BCUT2D eigenvalue weighted by molar-refractivity contribution is 0.0954. The largest absolute Gasteiger partial charge is 0.491 e. The maximum Gasteiger partial charge on any atom is 0.257 e. The minimum Gasteiger partial charge on any atom is -0.491 e. The number of benzene rings is 2. The van der Waals surface area contributed by atoms with Gasteiger partial charge in [-0.05, 0) is 56.4 Å². The fourth-order valence-corrected chi connectivity index (χ4v) is 2.67. The number of hydrogen-bond donors (Lipinski definition) is 3. The van der Waals surface area contributed by atoms with Crippen LogP contribution in [0.15, 0.2) is 48.5 Å². The summed E-state index contributed by atoms with van der Waals surface area (Å²) in [6.45, 7) is 5.77. The Morgan fingerprint density at radius 2 is 1.79 bits per heavy atom. The topological polar surface area (TPSA) is 88.7 Å². The molecule has 8 heteroatoms. The van der Waals surface area contributed by atoms with Crippen molar-refractivity contribution in [2.45, 2.75) is 13.8 Å². The second kappa shape index (κ2) is 11.8. The molecular formula is C21H25N3O4S. The number of hydrogen-bond acceptors (Lipinski definition) is 5. The van der Waals surface area contributed by atoms with Crippen LogP contribution in [-0.2, 0) is 4.74 Å². The highest BCUT2D eigenvalue weighted by atomic mass is 32.1. The van der Waals surface area contributed by atoms with Crippen LogP contribution in [0, 0.1) is 0 Å². The first-order chi connectivity index (χ1) is 14.0. The van der Waals surface area contributed by atoms with E-state index in [1.807, 2.05) is 13.8 Å². The summed E-state index contributed by atoms with van der Waals surface area (Å²) in [4.78, 5) is 24.6. The Labute approximate surface area is 175 Å². The average Bonchev–Trinajstić information content (AvgIpc) is 2.72. The molecule has 0 fully saturated rings. The molecule has 3 N–H and O–H groups in total. The molecule has 0 radical (unpaired) electrons. The van der Waals surface area contributed by atoms with Crippen LogP contribution in [0.3, 0.4) is 0 Å². The van der Waals surface area contributed by atoms with E-state index in [0.717, 1.165) is 0 Å². The van der Waals surface area contributed by atoms with Crippen LogP contribution in [0.1, 0.15) is 34.6 Å². The lowest BCUT2D eigenvalue weighted by Crippen LogP contribution is -2.35. The fourth-order valence-electron chi connectivity index (χ4n) is 2.46. The molecule has 154 valence electrons. The molecule has 0 heterocycles. The third-order valence-electron chi connectivity index (χ3n) is 3.78. The first-order valence-electron chi connectivity index (χ1n) is 9.35. The highest BCUT2D eigenvalue weighted by Crippen LogP contribution is 2.16. The molecular weight excluding hydrogens is 390 g/mol. The second-order valence-corrected chi connectivity index (χ2v) is 6.29. The molecule has 0 aliphatic carbocycles. The summed E-state index contributed by atoms with van der Waals surface area (Å²) < 4.78 is 10.8. The van der Waals surface area contributed by atoms with Crippen LogP contribution < -0.4 is 20.7 Å². The van der Waals surface area contributed by atoms with Crippen molar-refractivity contribution in [3.63, 3.8) is 0 Å². The standard InChI is InChI=1S/C21H25N3O4S/c1-3-22-20(26)17-10-5-6-11-18(17)23-21(29)24-19(25)15-8-7-9-16(14-15)28-13-12-27-4-2/h5-11,14H,3-4,12-13H2,1-2H3,(H,22,26)(H2,23,24,25,29). The lowest BCUT2D eigenvalue weighted by Gasteiger charge is -2.13. The summed E-state index contributed by atoms with van der Waals surface area (Å²) in [6.07, 6.45) is 0. The van der Waals surface area contributed by atoms with Gasteiger partial charge in [0.15, 0.2) is 5.11 Å². The summed E-state index contributed by atoms with van der Waals surface area (Å²) in [5.74, 6) is -0.0345. The molecule has 7 nitrogen and oxygen atoms in total. The van der Waals surface area contributed by atoms with Crippen molar-refractivity contribution in [1.82, 2.24) is 10.6 Å². The van der Waals surface area contributed by atoms with Crippen LogP contribution in [0.2, 0.25) is 0 Å². The number of carbonyl (C=O) groups is 2. The van der Waals surface area contributed by atoms with Crippen molar-refractivity contribution in [2.24, 2.45) is 0 Å². The monoisotopic (exact) mass is 415 g/mol. The van der Waals surface area contributed by atoms with Gasteiger partial charge in [-0.2, -0.15) is 0 Å². The molecule has 0 aliphatic heterocycles. The molecule has 0 saturated heterocycles. The van der Waals surface area contributed by atoms with Gasteiger partial charge in [0.05, 0.1) is 17.9 Å². The first kappa shape index (κ1) is 22.3. The van der Waals surface area contributed by atoms with Gasteiger partial charge in [-0.3, -0.25) is 14.9 Å². The van der Waals surface area contributed by atoms with Crippen molar-refractivity contribution in [1.29, 1.82) is 0 Å². The van der Waals surface area contributed by atoms with Crippen LogP contribution >= 0.6 is 12.2 Å². The molecule has 2 aromatic rings. The van der Waals surface area contributed by atoms with Gasteiger partial charge in [0.25, 0.3) is 11.8 Å². The average molecular weight is 416 g/mol. The Balaban J connectivity index is 1.98. The summed E-state index contributed by atoms with van der Waals surface area (Å²) in [7, 11) is 0. The van der Waals surface area contributed by atoms with Gasteiger partial charge in [-0.1, -0.05) is 18.2 Å². The van der Waals surface area contributed by atoms with E-state index < -0.39 is 0 Å². The summed E-state index contributed by atoms with van der Waals surface area (Å²) >= 11 is 5.23. The predicted octanol–water partition coefficient (Wildman–Crippen LogP) is 2.98. The minimum atomic E-state index is -0.381. The van der Waals surface area contributed by atoms with Crippen molar-refractivity contribution < 1.29 is 19.1 Å². The van der Waals surface area contributed by atoms with Crippen molar-refractivity contribution >= 4 is 34.8 Å². The number of amides is 2. The number of para-hydroxylation sites is 1. The zero-order valence-electron chi connectivity index (χ0n) is 16.5. The van der Waals surface area contributed by atoms with Gasteiger partial charge >= 0.3 is 0 Å². The third kappa shape index (κ3) is 7.17. The van der Waals surface area contributed by atoms with Crippen molar-refractivity contribution in [2.75, 3.05) is 31.7 Å². The van der Waals surface area contributed by atoms with Gasteiger partial charge in [0.2, 0.25) is 0 Å². The summed E-state index contributed by atoms with van der Waals surface area (Å²) in [6, 6.07) is 13.7. The molecule has 0 spiro atoms. The molecule has 29 heavy (non-hydrogen) atoms. The Morgan fingerprint density at radius 3 is 2.55 bits per heavy atom. The smallest absolute Gasteiger partial charge is 0.257 e. The van der Waals surface area contributed by atoms with Gasteiger partial charge < -0.3 is 20.1 Å². The lowest BCUT2D eigenvalue weighted by atomic mass is 10.1. The molecule has 2 aromatic carbocycles. The Bertz CT molecular complexity index is 857. The van der Waals surface area contributed by atoms with E-state index >= 15 is 0 Å². The highest BCUT2D eigenvalue weighted by molar-refractivity contribution is 7.80. The van der Waals surface area contributed by atoms with E-state index in [-0.39, 0.29) is 16.9 Å². The minimum absolute atomic E-state index is 0.0921. The fraction of sp³-hybridized carbons (Fsp3) is 0.286. The van der Waals surface area contributed by atoms with E-state index in [9.17, 15) is 9.59 Å². The van der Waals surface area contributed by atoms with E-state index in [4.69, 9.17) is 21.7 Å². The van der Waals surface area contributed by atoms with Crippen LogP contribution in [0.5, 0.6) is 5.75 Å². The number of carbonyl (C=O) groups excluding carboxylic acids is 2. The number of nitrogens with one attached hydrogen (secondary N) is 3.